The maximum Gasteiger partial charge on any atom is 0.173 e. The van der Waals surface area contributed by atoms with Gasteiger partial charge in [-0.25, -0.2) is 0 Å². The molecule has 0 N–H and O–H groups in total. The molecule has 0 bridgehead atoms. The maximum absolute atomic E-state index is 14.3. The van der Waals surface area contributed by atoms with Gasteiger partial charge in [-0.15, -0.1) is 0 Å². The second-order valence-corrected chi connectivity index (χ2v) is 16.4. The van der Waals surface area contributed by atoms with E-state index in [2.05, 4.69) is 60.6 Å². The van der Waals surface area contributed by atoms with E-state index in [9.17, 15) is 9.59 Å². The average molecular weight is 559 g/mol. The van der Waals surface area contributed by atoms with Crippen LogP contribution in [0.25, 0.3) is 0 Å². The minimum atomic E-state index is -0.546. The molecule has 41 heavy (non-hydrogen) atoms. The zero-order valence-electron chi connectivity index (χ0n) is 27.8. The van der Waals surface area contributed by atoms with Crippen molar-refractivity contribution in [3.8, 4) is 0 Å². The highest BCUT2D eigenvalue weighted by Crippen LogP contribution is 2.72. The highest BCUT2D eigenvalue weighted by Gasteiger charge is 2.68. The second kappa shape index (κ2) is 10.8. The topological polar surface area (TPSA) is 34.1 Å². The van der Waals surface area contributed by atoms with Crippen molar-refractivity contribution in [3.05, 3.63) is 46.6 Å². The number of hydrogen-bond acceptors (Lipinski definition) is 2. The lowest BCUT2D eigenvalue weighted by molar-refractivity contribution is -0.170. The van der Waals surface area contributed by atoms with Crippen LogP contribution >= 0.6 is 0 Å². The molecule has 9 unspecified atom stereocenters. The van der Waals surface area contributed by atoms with Crippen LogP contribution < -0.4 is 0 Å². The van der Waals surface area contributed by atoms with Gasteiger partial charge in [0.05, 0.1) is 5.57 Å². The average Bonchev–Trinajstić information content (AvgIpc) is 2.87. The summed E-state index contributed by atoms with van der Waals surface area (Å²) in [4.78, 5) is 27.0. The van der Waals surface area contributed by atoms with Gasteiger partial charge in [-0.1, -0.05) is 89.5 Å². The fourth-order valence-corrected chi connectivity index (χ4v) is 11.6. The van der Waals surface area contributed by atoms with Gasteiger partial charge in [0.2, 0.25) is 0 Å². The lowest BCUT2D eigenvalue weighted by Crippen LogP contribution is -2.64. The minimum Gasteiger partial charge on any atom is -0.294 e. The highest BCUT2D eigenvalue weighted by atomic mass is 16.1. The summed E-state index contributed by atoms with van der Waals surface area (Å²) >= 11 is 0. The molecule has 5 rings (SSSR count). The molecule has 2 saturated carbocycles. The third-order valence-electron chi connectivity index (χ3n) is 13.5. The molecule has 2 fully saturated rings. The van der Waals surface area contributed by atoms with Gasteiger partial charge in [-0.3, -0.25) is 9.59 Å². The smallest absolute Gasteiger partial charge is 0.173 e. The Morgan fingerprint density at radius 2 is 1.83 bits per heavy atom. The fraction of sp³-hybridized carbons (Fsp3) is 0.744. The SMILES string of the molecule is C=C1C2C(C)C(CCCC3=CCCCC3)=CC(C(C)C)C2CC2(C)CC3(C)CC(C)=C(C(C)=O)C(=O)C3(C)C(C)C12. The van der Waals surface area contributed by atoms with Gasteiger partial charge in [-0.2, -0.15) is 0 Å². The Morgan fingerprint density at radius 3 is 2.44 bits per heavy atom. The third-order valence-corrected chi connectivity index (χ3v) is 13.5. The number of Topliss-reactive ketones (excluding diaryl/α,β-unsaturated/α-hetero) is 2. The number of rotatable bonds is 6. The van der Waals surface area contributed by atoms with Crippen molar-refractivity contribution >= 4 is 11.6 Å². The van der Waals surface area contributed by atoms with Crippen molar-refractivity contribution < 1.29 is 9.59 Å². The molecule has 226 valence electrons. The normalized spacial score (nSPS) is 42.8. The summed E-state index contributed by atoms with van der Waals surface area (Å²) in [5.41, 5.74) is 5.69. The first-order valence-corrected chi connectivity index (χ1v) is 17.0. The molecule has 5 aliphatic rings. The zero-order chi connectivity index (χ0) is 30.1. The summed E-state index contributed by atoms with van der Waals surface area (Å²) in [5, 5.41) is 0. The van der Waals surface area contributed by atoms with Gasteiger partial charge < -0.3 is 0 Å². The Hall–Kier alpha value is -1.70. The molecule has 0 amide bonds. The molecule has 0 aliphatic heterocycles. The van der Waals surface area contributed by atoms with E-state index >= 15 is 0 Å². The van der Waals surface area contributed by atoms with Crippen molar-refractivity contribution in [1.82, 2.24) is 0 Å². The number of hydrogen-bond donors (Lipinski definition) is 0. The van der Waals surface area contributed by atoms with Crippen LogP contribution in [0.15, 0.2) is 46.6 Å². The van der Waals surface area contributed by atoms with E-state index in [4.69, 9.17) is 6.58 Å². The van der Waals surface area contributed by atoms with E-state index < -0.39 is 5.41 Å². The molecular weight excluding hydrogens is 500 g/mol. The highest BCUT2D eigenvalue weighted by molar-refractivity contribution is 6.22. The molecule has 2 heteroatoms. The van der Waals surface area contributed by atoms with Crippen molar-refractivity contribution in [2.75, 3.05) is 0 Å². The van der Waals surface area contributed by atoms with Crippen LogP contribution in [0.2, 0.25) is 0 Å². The first-order chi connectivity index (χ1) is 19.2. The van der Waals surface area contributed by atoms with E-state index in [1.54, 1.807) is 18.1 Å². The molecule has 9 atom stereocenters. The quantitative estimate of drug-likeness (QED) is 0.240. The monoisotopic (exact) mass is 558 g/mol. The number of carbonyl (C=O) groups is 2. The zero-order valence-corrected chi connectivity index (χ0v) is 27.8. The molecule has 0 aromatic rings. The van der Waals surface area contributed by atoms with Crippen LogP contribution in [0, 0.1) is 57.7 Å². The first kappa shape index (κ1) is 30.7. The summed E-state index contributed by atoms with van der Waals surface area (Å²) in [6, 6.07) is 0. The Kier molecular flexibility index (Phi) is 8.09. The molecule has 0 spiro atoms. The van der Waals surface area contributed by atoms with Gasteiger partial charge in [0.15, 0.2) is 11.6 Å². The summed E-state index contributed by atoms with van der Waals surface area (Å²) in [6.07, 6.45) is 17.4. The summed E-state index contributed by atoms with van der Waals surface area (Å²) in [7, 11) is 0. The predicted molar refractivity (Wildman–Crippen MR) is 171 cm³/mol. The predicted octanol–water partition coefficient (Wildman–Crippen LogP) is 10.3. The third kappa shape index (κ3) is 4.73. The lowest BCUT2D eigenvalue weighted by Gasteiger charge is -2.68. The van der Waals surface area contributed by atoms with E-state index in [-0.39, 0.29) is 28.3 Å². The van der Waals surface area contributed by atoms with Crippen LogP contribution in [-0.4, -0.2) is 11.6 Å². The lowest BCUT2D eigenvalue weighted by atomic mass is 9.35. The standard InChI is InChI=1S/C39H58O2/c1-23(2)31-19-30(18-14-17-29-15-12-11-13-16-29)25(4)34-26(5)35-27(6)39(10)36(41)33(28(7)40)24(3)20-38(39,9)22-37(35,8)21-32(31)34/h15,19,23,25,27,31-32,34-35H,5,11-14,16-18,20-22H2,1-4,6-10H3. The maximum atomic E-state index is 14.3. The minimum absolute atomic E-state index is 0.0571. The van der Waals surface area contributed by atoms with Crippen molar-refractivity contribution in [1.29, 1.82) is 0 Å². The van der Waals surface area contributed by atoms with Gasteiger partial charge in [0.25, 0.3) is 0 Å². The Balaban J connectivity index is 1.48. The van der Waals surface area contributed by atoms with Crippen molar-refractivity contribution in [2.45, 2.75) is 127 Å². The largest absolute Gasteiger partial charge is 0.294 e. The van der Waals surface area contributed by atoms with E-state index in [1.807, 2.05) is 6.92 Å². The van der Waals surface area contributed by atoms with E-state index in [0.29, 0.717) is 41.1 Å². The summed E-state index contributed by atoms with van der Waals surface area (Å²) in [5.74, 6) is 3.32. The van der Waals surface area contributed by atoms with Crippen LogP contribution in [0.5, 0.6) is 0 Å². The summed E-state index contributed by atoms with van der Waals surface area (Å²) in [6.45, 7) is 25.4. The first-order valence-electron chi connectivity index (χ1n) is 17.0. The van der Waals surface area contributed by atoms with Crippen molar-refractivity contribution in [2.24, 2.45) is 57.7 Å². The molecule has 5 aliphatic carbocycles. The molecular formula is C39H58O2. The Labute approximate surface area is 251 Å². The molecule has 0 saturated heterocycles. The van der Waals surface area contributed by atoms with Crippen LogP contribution in [0.4, 0.5) is 0 Å². The van der Waals surface area contributed by atoms with Gasteiger partial charge in [0, 0.05) is 5.41 Å². The van der Waals surface area contributed by atoms with Gasteiger partial charge in [-0.05, 0) is 130 Å². The number of allylic oxidation sites excluding steroid dienone is 7. The van der Waals surface area contributed by atoms with Crippen LogP contribution in [-0.2, 0) is 9.59 Å². The van der Waals surface area contributed by atoms with Crippen molar-refractivity contribution in [3.63, 3.8) is 0 Å². The van der Waals surface area contributed by atoms with E-state index in [0.717, 1.165) is 18.4 Å². The molecule has 0 aromatic heterocycles. The number of ketones is 2. The van der Waals surface area contributed by atoms with Crippen LogP contribution in [0.3, 0.4) is 0 Å². The van der Waals surface area contributed by atoms with Gasteiger partial charge in [0.1, 0.15) is 0 Å². The molecule has 0 heterocycles. The van der Waals surface area contributed by atoms with Crippen LogP contribution in [0.1, 0.15) is 127 Å². The molecule has 0 radical (unpaired) electrons. The summed E-state index contributed by atoms with van der Waals surface area (Å²) < 4.78 is 0. The number of fused-ring (bicyclic) bond motifs is 3. The van der Waals surface area contributed by atoms with E-state index in [1.165, 1.54) is 56.9 Å². The molecule has 2 nitrogen and oxygen atoms in total. The molecule has 0 aromatic carbocycles. The second-order valence-electron chi connectivity index (χ2n) is 16.4. The number of carbonyl (C=O) groups excluding carboxylic acids is 2. The Morgan fingerprint density at radius 1 is 1.12 bits per heavy atom. The Bertz CT molecular complexity index is 1210. The fourth-order valence-electron chi connectivity index (χ4n) is 11.6. The van der Waals surface area contributed by atoms with Gasteiger partial charge >= 0.3 is 0 Å².